The molecule has 0 saturated carbocycles. The topological polar surface area (TPSA) is 146 Å². The van der Waals surface area contributed by atoms with Crippen LogP contribution in [-0.2, 0) is 6.61 Å². The lowest BCUT2D eigenvalue weighted by Gasteiger charge is -2.12. The van der Waals surface area contributed by atoms with Crippen LogP contribution in [0.1, 0.15) is 20.8 Å². The predicted molar refractivity (Wildman–Crippen MR) is 142 cm³/mol. The molecule has 1 N–H and O–H groups in total. The van der Waals surface area contributed by atoms with Crippen molar-refractivity contribution in [3.8, 4) is 11.5 Å². The number of methoxy groups -OCH3 is 1. The first-order valence-electron chi connectivity index (χ1n) is 10.5. The lowest BCUT2D eigenvalue weighted by molar-refractivity contribution is -0.385. The van der Waals surface area contributed by atoms with Gasteiger partial charge in [-0.25, -0.2) is 5.43 Å². The maximum atomic E-state index is 12.5. The SMILES string of the molecule is COc1cc(/C=N\NC(=O)c2cc3cc([N+](=O)[O-])ccc3s2)c(Br)cc1OCc1ccc([N+](=O)[O-])cc1. The minimum absolute atomic E-state index is 0.00358. The molecule has 3 aromatic carbocycles. The number of fused-ring (bicyclic) bond motifs is 1. The average Bonchev–Trinajstić information content (AvgIpc) is 3.32. The van der Waals surface area contributed by atoms with Gasteiger partial charge in [0.25, 0.3) is 17.3 Å². The number of benzene rings is 3. The Kier molecular flexibility index (Phi) is 7.74. The molecule has 0 atom stereocenters. The summed E-state index contributed by atoms with van der Waals surface area (Å²) in [6.45, 7) is 0.169. The quantitative estimate of drug-likeness (QED) is 0.148. The van der Waals surface area contributed by atoms with Gasteiger partial charge in [0.2, 0.25) is 0 Å². The molecule has 0 aliphatic rings. The summed E-state index contributed by atoms with van der Waals surface area (Å²) in [5.74, 6) is 0.406. The first-order chi connectivity index (χ1) is 17.7. The number of nitrogens with one attached hydrogen (secondary N) is 1. The molecule has 11 nitrogen and oxygen atoms in total. The molecule has 0 aliphatic carbocycles. The number of amides is 1. The van der Waals surface area contributed by atoms with Crippen LogP contribution in [-0.4, -0.2) is 29.1 Å². The zero-order chi connectivity index (χ0) is 26.5. The Hall–Kier alpha value is -4.36. The van der Waals surface area contributed by atoms with Gasteiger partial charge in [0, 0.05) is 44.4 Å². The van der Waals surface area contributed by atoms with Crippen molar-refractivity contribution in [3.05, 3.63) is 101 Å². The number of hydrogen-bond donors (Lipinski definition) is 1. The third-order valence-corrected chi connectivity index (χ3v) is 6.93. The van der Waals surface area contributed by atoms with E-state index in [1.165, 1.54) is 48.9 Å². The summed E-state index contributed by atoms with van der Waals surface area (Å²) in [7, 11) is 1.48. The Balaban J connectivity index is 1.43. The molecule has 0 fully saturated rings. The fraction of sp³-hybridized carbons (Fsp3) is 0.0833. The van der Waals surface area contributed by atoms with Crippen molar-refractivity contribution in [1.82, 2.24) is 5.43 Å². The highest BCUT2D eigenvalue weighted by atomic mass is 79.9. The molecule has 0 radical (unpaired) electrons. The second kappa shape index (κ2) is 11.1. The normalized spacial score (nSPS) is 11.0. The lowest BCUT2D eigenvalue weighted by atomic mass is 10.2. The van der Waals surface area contributed by atoms with Crippen molar-refractivity contribution in [2.24, 2.45) is 5.10 Å². The Morgan fingerprint density at radius 3 is 2.41 bits per heavy atom. The first kappa shape index (κ1) is 25.7. The smallest absolute Gasteiger partial charge is 0.281 e. The van der Waals surface area contributed by atoms with Crippen LogP contribution in [0.25, 0.3) is 10.1 Å². The molecule has 0 bridgehead atoms. The molecule has 37 heavy (non-hydrogen) atoms. The number of hydrazone groups is 1. The molecule has 188 valence electrons. The zero-order valence-electron chi connectivity index (χ0n) is 19.0. The molecular formula is C24H17BrN4O7S. The van der Waals surface area contributed by atoms with E-state index in [0.29, 0.717) is 31.8 Å². The van der Waals surface area contributed by atoms with Crippen LogP contribution in [0.2, 0.25) is 0 Å². The fourth-order valence-corrected chi connectivity index (χ4v) is 4.63. The van der Waals surface area contributed by atoms with Gasteiger partial charge in [-0.2, -0.15) is 5.10 Å². The van der Waals surface area contributed by atoms with Gasteiger partial charge >= 0.3 is 0 Å². The number of hydrogen-bond acceptors (Lipinski definition) is 9. The molecule has 1 heterocycles. The third-order valence-electron chi connectivity index (χ3n) is 5.13. The highest BCUT2D eigenvalue weighted by Crippen LogP contribution is 2.34. The standard InChI is InChI=1S/C24H17BrN4O7S/c1-35-20-9-16(19(25)11-21(20)36-13-14-2-4-17(5-3-14)28(31)32)12-26-27-24(30)23-10-15-8-18(29(33)34)6-7-22(15)37-23/h2-12H,13H2,1H3,(H,27,30)/b26-12-. The van der Waals surface area contributed by atoms with Gasteiger partial charge in [0.15, 0.2) is 11.5 Å². The summed E-state index contributed by atoms with van der Waals surface area (Å²) in [6.07, 6.45) is 1.43. The number of rotatable bonds is 9. The van der Waals surface area contributed by atoms with E-state index in [9.17, 15) is 25.0 Å². The molecule has 4 aromatic rings. The summed E-state index contributed by atoms with van der Waals surface area (Å²) < 4.78 is 12.6. The number of ether oxygens (including phenoxy) is 2. The minimum Gasteiger partial charge on any atom is -0.493 e. The second-order valence-electron chi connectivity index (χ2n) is 7.53. The van der Waals surface area contributed by atoms with Crippen LogP contribution < -0.4 is 14.9 Å². The highest BCUT2D eigenvalue weighted by Gasteiger charge is 2.14. The van der Waals surface area contributed by atoms with E-state index >= 15 is 0 Å². The van der Waals surface area contributed by atoms with Gasteiger partial charge in [-0.3, -0.25) is 25.0 Å². The molecule has 0 unspecified atom stereocenters. The van der Waals surface area contributed by atoms with E-state index in [1.54, 1.807) is 36.4 Å². The number of thiophene rings is 1. The molecule has 1 aromatic heterocycles. The summed E-state index contributed by atoms with van der Waals surface area (Å²) in [6, 6.07) is 15.4. The molecule has 0 aliphatic heterocycles. The number of nitro groups is 2. The Morgan fingerprint density at radius 1 is 1.03 bits per heavy atom. The van der Waals surface area contributed by atoms with Crippen LogP contribution in [0, 0.1) is 20.2 Å². The summed E-state index contributed by atoms with van der Waals surface area (Å²) >= 11 is 4.65. The molecule has 0 spiro atoms. The largest absolute Gasteiger partial charge is 0.493 e. The van der Waals surface area contributed by atoms with E-state index in [0.717, 1.165) is 10.3 Å². The lowest BCUT2D eigenvalue weighted by Crippen LogP contribution is -2.16. The van der Waals surface area contributed by atoms with Crippen LogP contribution >= 0.6 is 27.3 Å². The zero-order valence-corrected chi connectivity index (χ0v) is 21.4. The highest BCUT2D eigenvalue weighted by molar-refractivity contribution is 9.10. The Bertz CT molecular complexity index is 1540. The number of non-ortho nitro benzene ring substituents is 2. The summed E-state index contributed by atoms with van der Waals surface area (Å²) in [4.78, 5) is 33.7. The number of carbonyl (C=O) groups is 1. The number of halogens is 1. The first-order valence-corrected chi connectivity index (χ1v) is 12.1. The van der Waals surface area contributed by atoms with Crippen LogP contribution in [0.5, 0.6) is 11.5 Å². The number of nitrogens with zero attached hydrogens (tertiary/aromatic N) is 3. The van der Waals surface area contributed by atoms with Crippen LogP contribution in [0.15, 0.2) is 70.2 Å². The summed E-state index contributed by atoms with van der Waals surface area (Å²) in [5, 5.41) is 26.4. The maximum Gasteiger partial charge on any atom is 0.281 e. The van der Waals surface area contributed by atoms with Gasteiger partial charge in [-0.1, -0.05) is 0 Å². The van der Waals surface area contributed by atoms with Crippen molar-refractivity contribution in [3.63, 3.8) is 0 Å². The Morgan fingerprint density at radius 2 is 1.73 bits per heavy atom. The van der Waals surface area contributed by atoms with E-state index < -0.39 is 15.8 Å². The fourth-order valence-electron chi connectivity index (χ4n) is 3.27. The third kappa shape index (κ3) is 6.08. The van der Waals surface area contributed by atoms with Gasteiger partial charge < -0.3 is 9.47 Å². The van der Waals surface area contributed by atoms with Crippen molar-refractivity contribution in [2.45, 2.75) is 6.61 Å². The molecular weight excluding hydrogens is 568 g/mol. The predicted octanol–water partition coefficient (Wildman–Crippen LogP) is 5.83. The maximum absolute atomic E-state index is 12.5. The molecule has 4 rings (SSSR count). The second-order valence-corrected chi connectivity index (χ2v) is 9.46. The van der Waals surface area contributed by atoms with Crippen molar-refractivity contribution >= 4 is 60.8 Å². The van der Waals surface area contributed by atoms with E-state index in [2.05, 4.69) is 26.5 Å². The van der Waals surface area contributed by atoms with Gasteiger partial charge in [0.05, 0.1) is 28.0 Å². The average molecular weight is 585 g/mol. The monoisotopic (exact) mass is 584 g/mol. The Labute approximate surface area is 221 Å². The van der Waals surface area contributed by atoms with Crippen LogP contribution in [0.3, 0.4) is 0 Å². The molecule has 1 amide bonds. The van der Waals surface area contributed by atoms with E-state index in [4.69, 9.17) is 9.47 Å². The van der Waals surface area contributed by atoms with Gasteiger partial charge in [-0.15, -0.1) is 11.3 Å². The number of nitro benzene ring substituents is 2. The number of carbonyl (C=O) groups excluding carboxylic acids is 1. The van der Waals surface area contributed by atoms with Crippen LogP contribution in [0.4, 0.5) is 11.4 Å². The minimum atomic E-state index is -0.487. The van der Waals surface area contributed by atoms with E-state index in [1.807, 2.05) is 0 Å². The van der Waals surface area contributed by atoms with Gasteiger partial charge in [0.1, 0.15) is 6.61 Å². The van der Waals surface area contributed by atoms with E-state index in [-0.39, 0.29) is 18.0 Å². The van der Waals surface area contributed by atoms with Crippen molar-refractivity contribution < 1.29 is 24.1 Å². The summed E-state index contributed by atoms with van der Waals surface area (Å²) in [5.41, 5.74) is 3.75. The van der Waals surface area contributed by atoms with Crippen molar-refractivity contribution in [2.75, 3.05) is 7.11 Å². The van der Waals surface area contributed by atoms with Crippen molar-refractivity contribution in [1.29, 1.82) is 0 Å². The van der Waals surface area contributed by atoms with Gasteiger partial charge in [-0.05, 0) is 57.9 Å². The molecule has 13 heteroatoms. The molecule has 0 saturated heterocycles.